The van der Waals surface area contributed by atoms with Crippen molar-refractivity contribution in [3.05, 3.63) is 35.6 Å². The summed E-state index contributed by atoms with van der Waals surface area (Å²) in [5.74, 6) is -0.157. The highest BCUT2D eigenvalue weighted by atomic mass is 35.5. The number of carbonyl (C=O) groups excluding carboxylic acids is 1. The van der Waals surface area contributed by atoms with Crippen LogP contribution in [-0.4, -0.2) is 29.9 Å². The predicted octanol–water partition coefficient (Wildman–Crippen LogP) is 3.65. The lowest BCUT2D eigenvalue weighted by molar-refractivity contribution is -0.141. The average molecular weight is 355 g/mol. The molecule has 2 N–H and O–H groups in total. The number of piperidine rings is 1. The van der Waals surface area contributed by atoms with Gasteiger partial charge in [0.1, 0.15) is 5.82 Å². The van der Waals surface area contributed by atoms with E-state index in [0.717, 1.165) is 32.1 Å². The molecule has 2 fully saturated rings. The third kappa shape index (κ3) is 3.18. The maximum absolute atomic E-state index is 14.4. The van der Waals surface area contributed by atoms with Crippen LogP contribution in [0, 0.1) is 11.2 Å². The normalized spacial score (nSPS) is 25.2. The third-order valence-electron chi connectivity index (χ3n) is 5.86. The highest BCUT2D eigenvalue weighted by Crippen LogP contribution is 2.44. The zero-order valence-corrected chi connectivity index (χ0v) is 15.4. The molecule has 0 aromatic heterocycles. The van der Waals surface area contributed by atoms with Crippen molar-refractivity contribution in [1.29, 1.82) is 0 Å². The molecule has 1 aromatic rings. The fraction of sp³-hybridized carbons (Fsp3) is 0.632. The molecule has 3 rings (SSSR count). The lowest BCUT2D eigenvalue weighted by Crippen LogP contribution is -2.57. The van der Waals surface area contributed by atoms with Crippen molar-refractivity contribution in [3.8, 4) is 0 Å². The van der Waals surface area contributed by atoms with Gasteiger partial charge in [-0.1, -0.05) is 44.9 Å². The fourth-order valence-corrected chi connectivity index (χ4v) is 4.28. The highest BCUT2D eigenvalue weighted by Gasteiger charge is 2.48. The Kier molecular flexibility index (Phi) is 5.61. The zero-order chi connectivity index (χ0) is 16.7. The van der Waals surface area contributed by atoms with E-state index in [9.17, 15) is 9.18 Å². The van der Waals surface area contributed by atoms with Crippen LogP contribution < -0.4 is 5.73 Å². The van der Waals surface area contributed by atoms with Crippen LogP contribution in [0.25, 0.3) is 0 Å². The van der Waals surface area contributed by atoms with Gasteiger partial charge in [-0.05, 0) is 30.7 Å². The zero-order valence-electron chi connectivity index (χ0n) is 14.6. The summed E-state index contributed by atoms with van der Waals surface area (Å²) in [6.45, 7) is 5.56. The monoisotopic (exact) mass is 354 g/mol. The number of amides is 1. The summed E-state index contributed by atoms with van der Waals surface area (Å²) in [6, 6.07) is 6.90. The topological polar surface area (TPSA) is 46.3 Å². The molecular weight excluding hydrogens is 327 g/mol. The molecule has 134 valence electrons. The molecule has 2 aliphatic rings. The van der Waals surface area contributed by atoms with Gasteiger partial charge in [0.25, 0.3) is 0 Å². The minimum atomic E-state index is -0.678. The van der Waals surface area contributed by atoms with Gasteiger partial charge in [0.05, 0.1) is 5.41 Å². The minimum Gasteiger partial charge on any atom is -0.341 e. The van der Waals surface area contributed by atoms with E-state index in [1.807, 2.05) is 11.0 Å². The molecule has 0 spiro atoms. The first kappa shape index (κ1) is 19.2. The molecule has 1 atom stereocenters. The van der Waals surface area contributed by atoms with E-state index in [-0.39, 0.29) is 35.6 Å². The van der Waals surface area contributed by atoms with Gasteiger partial charge in [0, 0.05) is 24.7 Å². The molecule has 1 saturated carbocycles. The SMILES string of the molecule is CC1(C)CN(C(=O)C2(c3ccccc3F)CCCC2)CCC1N.Cl. The molecule has 24 heavy (non-hydrogen) atoms. The van der Waals surface area contributed by atoms with E-state index in [1.54, 1.807) is 12.1 Å². The van der Waals surface area contributed by atoms with Gasteiger partial charge in [-0.2, -0.15) is 0 Å². The number of nitrogens with zero attached hydrogens (tertiary/aromatic N) is 1. The minimum absolute atomic E-state index is 0. The summed E-state index contributed by atoms with van der Waals surface area (Å²) in [4.78, 5) is 15.3. The average Bonchev–Trinajstić information content (AvgIpc) is 3.00. The molecule has 1 aromatic carbocycles. The molecule has 0 radical (unpaired) electrons. The standard InChI is InChI=1S/C19H27FN2O.ClH/c1-18(2)13-22(12-9-16(18)21)17(23)19(10-5-6-11-19)14-7-3-4-8-15(14)20;/h3-4,7-8,16H,5-6,9-13,21H2,1-2H3;1H. The Morgan fingerprint density at radius 1 is 1.25 bits per heavy atom. The van der Waals surface area contributed by atoms with Gasteiger partial charge in [-0.15, -0.1) is 12.4 Å². The Hall–Kier alpha value is -1.13. The molecule has 5 heteroatoms. The van der Waals surface area contributed by atoms with Crippen LogP contribution in [0.2, 0.25) is 0 Å². The van der Waals surface area contributed by atoms with E-state index in [4.69, 9.17) is 5.73 Å². The van der Waals surface area contributed by atoms with E-state index >= 15 is 0 Å². The summed E-state index contributed by atoms with van der Waals surface area (Å²) in [6.07, 6.45) is 4.27. The number of nitrogens with two attached hydrogens (primary N) is 1. The second kappa shape index (κ2) is 7.01. The Balaban J connectivity index is 0.00000208. The Morgan fingerprint density at radius 2 is 1.88 bits per heavy atom. The van der Waals surface area contributed by atoms with Gasteiger partial charge < -0.3 is 10.6 Å². The molecule has 1 amide bonds. The number of carbonyl (C=O) groups is 1. The summed E-state index contributed by atoms with van der Waals surface area (Å²) in [7, 11) is 0. The number of rotatable bonds is 2. The molecule has 1 unspecified atom stereocenters. The number of benzene rings is 1. The molecule has 1 aliphatic heterocycles. The Bertz CT molecular complexity index is 599. The van der Waals surface area contributed by atoms with Crippen LogP contribution in [0.15, 0.2) is 24.3 Å². The predicted molar refractivity (Wildman–Crippen MR) is 96.7 cm³/mol. The van der Waals surface area contributed by atoms with Gasteiger partial charge in [-0.25, -0.2) is 4.39 Å². The maximum Gasteiger partial charge on any atom is 0.233 e. The van der Waals surface area contributed by atoms with Gasteiger partial charge in [-0.3, -0.25) is 4.79 Å². The van der Waals surface area contributed by atoms with Crippen LogP contribution in [0.1, 0.15) is 51.5 Å². The molecular formula is C19H28ClFN2O. The van der Waals surface area contributed by atoms with Crippen LogP contribution in [0.4, 0.5) is 4.39 Å². The molecule has 1 heterocycles. The summed E-state index contributed by atoms with van der Waals surface area (Å²) < 4.78 is 14.4. The van der Waals surface area contributed by atoms with Gasteiger partial charge in [0.15, 0.2) is 0 Å². The first-order valence-corrected chi connectivity index (χ1v) is 8.67. The van der Waals surface area contributed by atoms with E-state index in [2.05, 4.69) is 13.8 Å². The van der Waals surface area contributed by atoms with E-state index in [1.165, 1.54) is 6.07 Å². The smallest absolute Gasteiger partial charge is 0.233 e. The summed E-state index contributed by atoms with van der Waals surface area (Å²) in [5.41, 5.74) is 6.01. The quantitative estimate of drug-likeness (QED) is 0.881. The largest absolute Gasteiger partial charge is 0.341 e. The second-order valence-electron chi connectivity index (χ2n) is 7.88. The van der Waals surface area contributed by atoms with Crippen molar-refractivity contribution in [2.24, 2.45) is 11.1 Å². The van der Waals surface area contributed by atoms with Crippen LogP contribution >= 0.6 is 12.4 Å². The van der Waals surface area contributed by atoms with Crippen LogP contribution in [0.5, 0.6) is 0 Å². The molecule has 3 nitrogen and oxygen atoms in total. The van der Waals surface area contributed by atoms with Gasteiger partial charge in [0.2, 0.25) is 5.91 Å². The number of hydrogen-bond acceptors (Lipinski definition) is 2. The Morgan fingerprint density at radius 3 is 2.46 bits per heavy atom. The summed E-state index contributed by atoms with van der Waals surface area (Å²) >= 11 is 0. The number of hydrogen-bond donors (Lipinski definition) is 1. The van der Waals surface area contributed by atoms with Crippen LogP contribution in [-0.2, 0) is 10.2 Å². The lowest BCUT2D eigenvalue weighted by Gasteiger charge is -2.45. The number of halogens is 2. The van der Waals surface area contributed by atoms with Gasteiger partial charge >= 0.3 is 0 Å². The third-order valence-corrected chi connectivity index (χ3v) is 5.86. The molecule has 1 aliphatic carbocycles. The van der Waals surface area contributed by atoms with Crippen molar-refractivity contribution in [3.63, 3.8) is 0 Å². The first-order valence-electron chi connectivity index (χ1n) is 8.67. The number of likely N-dealkylation sites (tertiary alicyclic amines) is 1. The fourth-order valence-electron chi connectivity index (χ4n) is 4.28. The molecule has 0 bridgehead atoms. The highest BCUT2D eigenvalue weighted by molar-refractivity contribution is 5.89. The summed E-state index contributed by atoms with van der Waals surface area (Å²) in [5, 5.41) is 0. The van der Waals surface area contributed by atoms with Crippen molar-refractivity contribution < 1.29 is 9.18 Å². The van der Waals surface area contributed by atoms with Crippen LogP contribution in [0.3, 0.4) is 0 Å². The Labute approximate surface area is 150 Å². The first-order chi connectivity index (χ1) is 10.9. The van der Waals surface area contributed by atoms with Crippen molar-refractivity contribution in [1.82, 2.24) is 4.90 Å². The van der Waals surface area contributed by atoms with E-state index < -0.39 is 5.41 Å². The van der Waals surface area contributed by atoms with Crippen molar-refractivity contribution in [2.75, 3.05) is 13.1 Å². The van der Waals surface area contributed by atoms with Crippen molar-refractivity contribution >= 4 is 18.3 Å². The van der Waals surface area contributed by atoms with Crippen molar-refractivity contribution in [2.45, 2.75) is 57.4 Å². The molecule has 1 saturated heterocycles. The van der Waals surface area contributed by atoms with E-state index in [0.29, 0.717) is 18.7 Å². The maximum atomic E-state index is 14.4. The second-order valence-corrected chi connectivity index (χ2v) is 7.88. The lowest BCUT2D eigenvalue weighted by atomic mass is 9.74.